The predicted octanol–water partition coefficient (Wildman–Crippen LogP) is 4.53. The van der Waals surface area contributed by atoms with Crippen LogP contribution in [0.2, 0.25) is 0 Å². The summed E-state index contributed by atoms with van der Waals surface area (Å²) < 4.78 is 22.4. The molecule has 0 fully saturated rings. The molecule has 0 aliphatic carbocycles. The third-order valence-corrected chi connectivity index (χ3v) is 5.93. The Morgan fingerprint density at radius 3 is 2.53 bits per heavy atom. The van der Waals surface area contributed by atoms with Crippen LogP contribution in [0.25, 0.3) is 0 Å². The zero-order valence-electron chi connectivity index (χ0n) is 20.7. The second-order valence-electron chi connectivity index (χ2n) is 8.28. The Balaban J connectivity index is 1.49. The van der Waals surface area contributed by atoms with Crippen LogP contribution in [0.1, 0.15) is 29.3 Å². The van der Waals surface area contributed by atoms with Gasteiger partial charge in [0.25, 0.3) is 11.8 Å². The van der Waals surface area contributed by atoms with Gasteiger partial charge in [0, 0.05) is 23.4 Å². The van der Waals surface area contributed by atoms with Crippen LogP contribution < -0.4 is 24.3 Å². The first kappa shape index (κ1) is 24.9. The summed E-state index contributed by atoms with van der Waals surface area (Å²) in [5, 5.41) is 2.91. The molecule has 0 bridgehead atoms. The van der Waals surface area contributed by atoms with E-state index in [0.717, 1.165) is 11.3 Å². The fourth-order valence-electron chi connectivity index (χ4n) is 4.00. The zero-order chi connectivity index (χ0) is 25.5. The molecule has 188 valence electrons. The van der Waals surface area contributed by atoms with Gasteiger partial charge in [0.1, 0.15) is 18.1 Å². The Morgan fingerprint density at radius 1 is 1.03 bits per heavy atom. The van der Waals surface area contributed by atoms with Gasteiger partial charge in [-0.05, 0) is 55.0 Å². The number of nitrogens with one attached hydrogen (secondary N) is 1. The number of carbonyl (C=O) groups is 2. The van der Waals surface area contributed by atoms with Crippen LogP contribution in [0.4, 0.5) is 5.69 Å². The van der Waals surface area contributed by atoms with E-state index in [1.165, 1.54) is 7.11 Å². The van der Waals surface area contributed by atoms with Crippen molar-refractivity contribution in [3.05, 3.63) is 77.9 Å². The molecule has 8 nitrogen and oxygen atoms in total. The van der Waals surface area contributed by atoms with Crippen LogP contribution in [-0.4, -0.2) is 50.2 Å². The molecule has 0 saturated heterocycles. The maximum atomic E-state index is 13.1. The summed E-state index contributed by atoms with van der Waals surface area (Å²) >= 11 is 0. The first-order chi connectivity index (χ1) is 17.5. The summed E-state index contributed by atoms with van der Waals surface area (Å²) in [5.41, 5.74) is 1.84. The molecule has 0 aromatic heterocycles. The lowest BCUT2D eigenvalue weighted by molar-refractivity contribution is -0.138. The highest BCUT2D eigenvalue weighted by atomic mass is 16.5. The van der Waals surface area contributed by atoms with E-state index >= 15 is 0 Å². The Hall–Kier alpha value is -4.20. The van der Waals surface area contributed by atoms with Crippen molar-refractivity contribution >= 4 is 17.5 Å². The third kappa shape index (κ3) is 5.71. The van der Waals surface area contributed by atoms with E-state index in [2.05, 4.69) is 5.32 Å². The van der Waals surface area contributed by atoms with Crippen LogP contribution in [0.5, 0.6) is 23.0 Å². The number of fused-ring (bicyclic) bond motifs is 1. The summed E-state index contributed by atoms with van der Waals surface area (Å²) in [4.78, 5) is 27.7. The first-order valence-corrected chi connectivity index (χ1v) is 11.8. The van der Waals surface area contributed by atoms with Gasteiger partial charge in [0.15, 0.2) is 17.6 Å². The Bertz CT molecular complexity index is 1210. The monoisotopic (exact) mass is 490 g/mol. The second kappa shape index (κ2) is 11.5. The van der Waals surface area contributed by atoms with Crippen LogP contribution in [-0.2, 0) is 11.3 Å². The molecule has 1 N–H and O–H groups in total. The van der Waals surface area contributed by atoms with E-state index in [0.29, 0.717) is 54.6 Å². The number of anilines is 1. The minimum atomic E-state index is -0.574. The Labute approximate surface area is 210 Å². The van der Waals surface area contributed by atoms with Gasteiger partial charge in [-0.15, -0.1) is 0 Å². The Morgan fingerprint density at radius 2 is 1.81 bits per heavy atom. The second-order valence-corrected chi connectivity index (χ2v) is 8.28. The lowest BCUT2D eigenvalue weighted by Crippen LogP contribution is -2.41. The van der Waals surface area contributed by atoms with Gasteiger partial charge in [-0.1, -0.05) is 25.1 Å². The molecule has 1 atom stereocenters. The predicted molar refractivity (Wildman–Crippen MR) is 136 cm³/mol. The molecule has 0 radical (unpaired) electrons. The van der Waals surface area contributed by atoms with Gasteiger partial charge in [0.2, 0.25) is 0 Å². The lowest BCUT2D eigenvalue weighted by Gasteiger charge is -2.23. The molecule has 0 saturated carbocycles. The smallest absolute Gasteiger partial charge is 0.264 e. The highest BCUT2D eigenvalue weighted by molar-refractivity contribution is 6.04. The van der Waals surface area contributed by atoms with E-state index in [4.69, 9.17) is 18.9 Å². The number of ether oxygens (including phenoxy) is 4. The average Bonchev–Trinajstić information content (AvgIpc) is 3.04. The molecule has 1 unspecified atom stereocenters. The van der Waals surface area contributed by atoms with E-state index < -0.39 is 6.10 Å². The summed E-state index contributed by atoms with van der Waals surface area (Å²) in [7, 11) is 3.06. The quantitative estimate of drug-likeness (QED) is 0.474. The standard InChI is InChI=1S/C28H30N2O6/c1-4-23-28(32)30(14-15-35-22-8-6-5-7-9-22)18-20-16-21(11-13-24(20)36-23)29-27(31)19-10-12-25(33-2)26(17-19)34-3/h5-13,16-17,23H,4,14-15,18H2,1-3H3,(H,29,31). The lowest BCUT2D eigenvalue weighted by atomic mass is 10.1. The van der Waals surface area contributed by atoms with Crippen molar-refractivity contribution in [2.24, 2.45) is 0 Å². The Kier molecular flexibility index (Phi) is 7.95. The minimum Gasteiger partial charge on any atom is -0.493 e. The van der Waals surface area contributed by atoms with Crippen molar-refractivity contribution in [2.75, 3.05) is 32.7 Å². The zero-order valence-corrected chi connectivity index (χ0v) is 20.7. The molecular weight excluding hydrogens is 460 g/mol. The molecule has 1 aliphatic rings. The van der Waals surface area contributed by atoms with Crippen LogP contribution >= 0.6 is 0 Å². The van der Waals surface area contributed by atoms with E-state index in [1.54, 1.807) is 42.3 Å². The molecule has 1 heterocycles. The van der Waals surface area contributed by atoms with Crippen LogP contribution in [0.15, 0.2) is 66.7 Å². The van der Waals surface area contributed by atoms with Crippen LogP contribution in [0, 0.1) is 0 Å². The van der Waals surface area contributed by atoms with E-state index in [1.807, 2.05) is 43.3 Å². The number of rotatable bonds is 9. The number of nitrogens with zero attached hydrogens (tertiary/aromatic N) is 1. The topological polar surface area (TPSA) is 86.3 Å². The maximum Gasteiger partial charge on any atom is 0.264 e. The number of hydrogen-bond donors (Lipinski definition) is 1. The van der Waals surface area contributed by atoms with Gasteiger partial charge in [-0.25, -0.2) is 0 Å². The van der Waals surface area contributed by atoms with Gasteiger partial charge in [-0.2, -0.15) is 0 Å². The molecule has 1 aliphatic heterocycles. The van der Waals surface area contributed by atoms with Crippen LogP contribution in [0.3, 0.4) is 0 Å². The summed E-state index contributed by atoms with van der Waals surface area (Å²) in [5.74, 6) is 2.03. The van der Waals surface area contributed by atoms with Gasteiger partial charge in [-0.3, -0.25) is 9.59 Å². The fourth-order valence-corrected chi connectivity index (χ4v) is 4.00. The number of benzene rings is 3. The molecule has 36 heavy (non-hydrogen) atoms. The maximum absolute atomic E-state index is 13.1. The number of amides is 2. The average molecular weight is 491 g/mol. The van der Waals surface area contributed by atoms with Crippen molar-refractivity contribution in [1.82, 2.24) is 4.90 Å². The first-order valence-electron chi connectivity index (χ1n) is 11.8. The molecule has 0 spiro atoms. The number of carbonyl (C=O) groups excluding carboxylic acids is 2. The van der Waals surface area contributed by atoms with Crippen molar-refractivity contribution in [1.29, 1.82) is 0 Å². The number of para-hydroxylation sites is 1. The normalized spacial score (nSPS) is 14.8. The highest BCUT2D eigenvalue weighted by Crippen LogP contribution is 2.31. The van der Waals surface area contributed by atoms with Crippen molar-refractivity contribution in [3.8, 4) is 23.0 Å². The SMILES string of the molecule is CCC1Oc2ccc(NC(=O)c3ccc(OC)c(OC)c3)cc2CN(CCOc2ccccc2)C1=O. The number of methoxy groups -OCH3 is 2. The largest absolute Gasteiger partial charge is 0.493 e. The molecular formula is C28H30N2O6. The highest BCUT2D eigenvalue weighted by Gasteiger charge is 2.30. The molecule has 4 rings (SSSR count). The molecule has 2 amide bonds. The van der Waals surface area contributed by atoms with Crippen molar-refractivity contribution in [3.63, 3.8) is 0 Å². The van der Waals surface area contributed by atoms with Gasteiger partial charge in [0.05, 0.1) is 20.8 Å². The molecule has 3 aromatic rings. The van der Waals surface area contributed by atoms with Crippen molar-refractivity contribution in [2.45, 2.75) is 26.0 Å². The van der Waals surface area contributed by atoms with Gasteiger partial charge < -0.3 is 29.2 Å². The van der Waals surface area contributed by atoms with Gasteiger partial charge >= 0.3 is 0 Å². The molecule has 3 aromatic carbocycles. The summed E-state index contributed by atoms with van der Waals surface area (Å²) in [6, 6.07) is 19.9. The fraction of sp³-hybridized carbons (Fsp3) is 0.286. The molecule has 8 heteroatoms. The van der Waals surface area contributed by atoms with E-state index in [-0.39, 0.29) is 11.8 Å². The third-order valence-electron chi connectivity index (χ3n) is 5.93. The summed E-state index contributed by atoms with van der Waals surface area (Å²) in [6.07, 6.45) is -0.0262. The van der Waals surface area contributed by atoms with Crippen molar-refractivity contribution < 1.29 is 28.5 Å². The summed E-state index contributed by atoms with van der Waals surface area (Å²) in [6.45, 7) is 3.04. The number of hydrogen-bond acceptors (Lipinski definition) is 6. The minimum absolute atomic E-state index is 0.0822. The van der Waals surface area contributed by atoms with E-state index in [9.17, 15) is 9.59 Å².